The summed E-state index contributed by atoms with van der Waals surface area (Å²) < 4.78 is 0. The SMILES string of the molecule is Cc1ccsc1C(C)(C)N1CCNCC1. The second kappa shape index (κ2) is 4.24. The molecule has 15 heavy (non-hydrogen) atoms. The molecular weight excluding hydrogens is 204 g/mol. The number of thiophene rings is 1. The van der Waals surface area contributed by atoms with Crippen LogP contribution in [0.3, 0.4) is 0 Å². The van der Waals surface area contributed by atoms with Gasteiger partial charge >= 0.3 is 0 Å². The van der Waals surface area contributed by atoms with Crippen LogP contribution >= 0.6 is 11.3 Å². The van der Waals surface area contributed by atoms with E-state index in [0.29, 0.717) is 0 Å². The van der Waals surface area contributed by atoms with Gasteiger partial charge < -0.3 is 5.32 Å². The lowest BCUT2D eigenvalue weighted by Gasteiger charge is -2.41. The highest BCUT2D eigenvalue weighted by atomic mass is 32.1. The topological polar surface area (TPSA) is 15.3 Å². The summed E-state index contributed by atoms with van der Waals surface area (Å²) in [6, 6.07) is 2.23. The second-order valence-corrected chi connectivity index (χ2v) is 5.64. The zero-order chi connectivity index (χ0) is 10.9. The van der Waals surface area contributed by atoms with Gasteiger partial charge in [0.2, 0.25) is 0 Å². The Labute approximate surface area is 96.3 Å². The van der Waals surface area contributed by atoms with E-state index in [-0.39, 0.29) is 5.54 Å². The van der Waals surface area contributed by atoms with Gasteiger partial charge in [-0.25, -0.2) is 0 Å². The van der Waals surface area contributed by atoms with Gasteiger partial charge in [0.05, 0.1) is 5.54 Å². The summed E-state index contributed by atoms with van der Waals surface area (Å²) in [5.74, 6) is 0. The first-order valence-electron chi connectivity index (χ1n) is 5.63. The molecule has 1 N–H and O–H groups in total. The van der Waals surface area contributed by atoms with Gasteiger partial charge in [0, 0.05) is 31.1 Å². The lowest BCUT2D eigenvalue weighted by molar-refractivity contribution is 0.105. The molecule has 1 aromatic heterocycles. The Balaban J connectivity index is 2.21. The fourth-order valence-electron chi connectivity index (χ4n) is 2.37. The molecule has 0 unspecified atom stereocenters. The van der Waals surface area contributed by atoms with Gasteiger partial charge in [-0.05, 0) is 37.8 Å². The first-order valence-corrected chi connectivity index (χ1v) is 6.50. The van der Waals surface area contributed by atoms with E-state index in [1.165, 1.54) is 10.4 Å². The minimum absolute atomic E-state index is 0.195. The molecule has 0 atom stereocenters. The zero-order valence-electron chi connectivity index (χ0n) is 9.84. The summed E-state index contributed by atoms with van der Waals surface area (Å²) >= 11 is 1.89. The van der Waals surface area contributed by atoms with Crippen molar-refractivity contribution in [3.05, 3.63) is 21.9 Å². The van der Waals surface area contributed by atoms with Crippen molar-refractivity contribution in [2.75, 3.05) is 26.2 Å². The van der Waals surface area contributed by atoms with Crippen LogP contribution < -0.4 is 5.32 Å². The molecule has 84 valence electrons. The van der Waals surface area contributed by atoms with Gasteiger partial charge in [-0.3, -0.25) is 4.90 Å². The van der Waals surface area contributed by atoms with Gasteiger partial charge in [-0.2, -0.15) is 0 Å². The van der Waals surface area contributed by atoms with Crippen LogP contribution in [0.1, 0.15) is 24.3 Å². The third-order valence-corrected chi connectivity index (χ3v) is 4.65. The minimum Gasteiger partial charge on any atom is -0.314 e. The quantitative estimate of drug-likeness (QED) is 0.828. The molecule has 0 aromatic carbocycles. The van der Waals surface area contributed by atoms with E-state index in [1.54, 1.807) is 0 Å². The molecule has 0 aliphatic carbocycles. The molecule has 1 saturated heterocycles. The highest BCUT2D eigenvalue weighted by Gasteiger charge is 2.31. The Morgan fingerprint density at radius 1 is 1.33 bits per heavy atom. The highest BCUT2D eigenvalue weighted by molar-refractivity contribution is 7.10. The predicted octanol–water partition coefficient (Wildman–Crippen LogP) is 2.20. The van der Waals surface area contributed by atoms with Crippen LogP contribution in [-0.4, -0.2) is 31.1 Å². The van der Waals surface area contributed by atoms with E-state index in [0.717, 1.165) is 26.2 Å². The number of piperazine rings is 1. The molecule has 3 heteroatoms. The number of hydrogen-bond acceptors (Lipinski definition) is 3. The van der Waals surface area contributed by atoms with Crippen molar-refractivity contribution in [3.63, 3.8) is 0 Å². The summed E-state index contributed by atoms with van der Waals surface area (Å²) in [6.07, 6.45) is 0. The number of rotatable bonds is 2. The van der Waals surface area contributed by atoms with Crippen LogP contribution in [0.25, 0.3) is 0 Å². The average molecular weight is 224 g/mol. The van der Waals surface area contributed by atoms with Gasteiger partial charge in [-0.1, -0.05) is 0 Å². The van der Waals surface area contributed by atoms with Gasteiger partial charge in [-0.15, -0.1) is 11.3 Å². The van der Waals surface area contributed by atoms with E-state index < -0.39 is 0 Å². The van der Waals surface area contributed by atoms with Crippen LogP contribution in [0.15, 0.2) is 11.4 Å². The van der Waals surface area contributed by atoms with Crippen LogP contribution in [0, 0.1) is 6.92 Å². The first kappa shape index (κ1) is 11.1. The van der Waals surface area contributed by atoms with Crippen LogP contribution in [0.5, 0.6) is 0 Å². The molecule has 2 nitrogen and oxygen atoms in total. The largest absolute Gasteiger partial charge is 0.314 e. The summed E-state index contributed by atoms with van der Waals surface area (Å²) in [7, 11) is 0. The molecule has 2 heterocycles. The fourth-order valence-corrected chi connectivity index (χ4v) is 3.45. The monoisotopic (exact) mass is 224 g/mol. The molecule has 1 aliphatic rings. The van der Waals surface area contributed by atoms with Gasteiger partial charge in [0.25, 0.3) is 0 Å². The number of aryl methyl sites for hydroxylation is 1. The Morgan fingerprint density at radius 3 is 2.53 bits per heavy atom. The molecule has 1 aliphatic heterocycles. The maximum Gasteiger partial charge on any atom is 0.0500 e. The molecule has 1 fully saturated rings. The Hall–Kier alpha value is -0.380. The Kier molecular flexibility index (Phi) is 3.14. The minimum atomic E-state index is 0.195. The van der Waals surface area contributed by atoms with E-state index in [1.807, 2.05) is 11.3 Å². The maximum atomic E-state index is 3.41. The third-order valence-electron chi connectivity index (χ3n) is 3.33. The number of hydrogen-bond donors (Lipinski definition) is 1. The van der Waals surface area contributed by atoms with Gasteiger partial charge in [0.15, 0.2) is 0 Å². The summed E-state index contributed by atoms with van der Waals surface area (Å²) in [5, 5.41) is 5.61. The van der Waals surface area contributed by atoms with Crippen LogP contribution in [-0.2, 0) is 5.54 Å². The van der Waals surface area contributed by atoms with Crippen molar-refractivity contribution in [2.24, 2.45) is 0 Å². The number of nitrogens with one attached hydrogen (secondary N) is 1. The lowest BCUT2D eigenvalue weighted by Crippen LogP contribution is -2.51. The van der Waals surface area contributed by atoms with Crippen molar-refractivity contribution in [3.8, 4) is 0 Å². The van der Waals surface area contributed by atoms with E-state index in [9.17, 15) is 0 Å². The molecular formula is C12H20N2S. The van der Waals surface area contributed by atoms with E-state index in [2.05, 4.69) is 42.4 Å². The molecule has 2 rings (SSSR count). The second-order valence-electron chi connectivity index (χ2n) is 4.73. The van der Waals surface area contributed by atoms with Gasteiger partial charge in [0.1, 0.15) is 0 Å². The highest BCUT2D eigenvalue weighted by Crippen LogP contribution is 2.34. The van der Waals surface area contributed by atoms with E-state index >= 15 is 0 Å². The predicted molar refractivity (Wildman–Crippen MR) is 66.5 cm³/mol. The molecule has 0 spiro atoms. The maximum absolute atomic E-state index is 3.41. The van der Waals surface area contributed by atoms with Crippen molar-refractivity contribution in [1.82, 2.24) is 10.2 Å². The zero-order valence-corrected chi connectivity index (χ0v) is 10.7. The van der Waals surface area contributed by atoms with Crippen molar-refractivity contribution >= 4 is 11.3 Å². The average Bonchev–Trinajstić information content (AvgIpc) is 2.66. The Bertz CT molecular complexity index is 324. The van der Waals surface area contributed by atoms with Crippen LogP contribution in [0.4, 0.5) is 0 Å². The normalized spacial score (nSPS) is 19.4. The standard InChI is InChI=1S/C12H20N2S/c1-10-4-9-15-11(10)12(2,3)14-7-5-13-6-8-14/h4,9,13H,5-8H2,1-3H3. The molecule has 0 saturated carbocycles. The van der Waals surface area contributed by atoms with Crippen LogP contribution in [0.2, 0.25) is 0 Å². The first-order chi connectivity index (χ1) is 7.12. The summed E-state index contributed by atoms with van der Waals surface area (Å²) in [6.45, 7) is 11.5. The summed E-state index contributed by atoms with van der Waals surface area (Å²) in [5.41, 5.74) is 1.63. The number of nitrogens with zero attached hydrogens (tertiary/aromatic N) is 1. The smallest absolute Gasteiger partial charge is 0.0500 e. The van der Waals surface area contributed by atoms with Crippen molar-refractivity contribution in [1.29, 1.82) is 0 Å². The third kappa shape index (κ3) is 2.10. The van der Waals surface area contributed by atoms with Crippen molar-refractivity contribution in [2.45, 2.75) is 26.3 Å². The molecule has 1 aromatic rings. The Morgan fingerprint density at radius 2 is 2.00 bits per heavy atom. The lowest BCUT2D eigenvalue weighted by atomic mass is 9.97. The molecule has 0 bridgehead atoms. The summed E-state index contributed by atoms with van der Waals surface area (Å²) in [4.78, 5) is 4.10. The van der Waals surface area contributed by atoms with Crippen molar-refractivity contribution < 1.29 is 0 Å². The fraction of sp³-hybridized carbons (Fsp3) is 0.667. The molecule has 0 radical (unpaired) electrons. The molecule has 0 amide bonds. The van der Waals surface area contributed by atoms with E-state index in [4.69, 9.17) is 0 Å².